The number of aromatic nitrogens is 1. The molecule has 2 aromatic carbocycles. The highest BCUT2D eigenvalue weighted by molar-refractivity contribution is 5.83. The van der Waals surface area contributed by atoms with Crippen LogP contribution in [0.25, 0.3) is 10.9 Å². The number of nitrogens with one attached hydrogen (secondary N) is 1. The summed E-state index contributed by atoms with van der Waals surface area (Å²) in [6.45, 7) is 2.64. The summed E-state index contributed by atoms with van der Waals surface area (Å²) in [5.74, 6) is 0.828. The van der Waals surface area contributed by atoms with Crippen LogP contribution in [0.2, 0.25) is 0 Å². The van der Waals surface area contributed by atoms with Gasteiger partial charge in [-0.25, -0.2) is 0 Å². The first-order valence-electron chi connectivity index (χ1n) is 8.76. The van der Waals surface area contributed by atoms with Gasteiger partial charge in [-0.05, 0) is 35.7 Å². The minimum atomic E-state index is -0.128. The van der Waals surface area contributed by atoms with Crippen LogP contribution in [0.5, 0.6) is 5.75 Å². The van der Waals surface area contributed by atoms with Crippen LogP contribution in [0, 0.1) is 0 Å². The van der Waals surface area contributed by atoms with Gasteiger partial charge in [0.2, 0.25) is 5.91 Å². The van der Waals surface area contributed by atoms with E-state index in [0.29, 0.717) is 13.1 Å². The number of nitrogens with zero attached hydrogens (tertiary/aromatic N) is 1. The average molecular weight is 351 g/mol. The first-order valence-corrected chi connectivity index (χ1v) is 8.76. The van der Waals surface area contributed by atoms with Gasteiger partial charge in [0.1, 0.15) is 5.75 Å². The second kappa shape index (κ2) is 8.06. The molecule has 1 amide bonds. The first kappa shape index (κ1) is 18.0. The molecule has 3 rings (SSSR count). The second-order valence-corrected chi connectivity index (χ2v) is 6.57. The maximum absolute atomic E-state index is 12.1. The molecule has 5 heteroatoms. The summed E-state index contributed by atoms with van der Waals surface area (Å²) in [7, 11) is 1.64. The van der Waals surface area contributed by atoms with E-state index in [-0.39, 0.29) is 11.9 Å². The fourth-order valence-electron chi connectivity index (χ4n) is 3.19. The smallest absolute Gasteiger partial charge is 0.219 e. The molecular formula is C21H25N3O2. The van der Waals surface area contributed by atoms with Crippen molar-refractivity contribution < 1.29 is 9.53 Å². The molecule has 1 unspecified atom stereocenters. The van der Waals surface area contributed by atoms with E-state index in [1.54, 1.807) is 18.9 Å². The molecule has 0 bridgehead atoms. The number of rotatable bonds is 7. The van der Waals surface area contributed by atoms with E-state index in [9.17, 15) is 4.79 Å². The number of carbonyl (C=O) groups excluding carboxylic acids is 1. The molecule has 0 aliphatic carbocycles. The molecular weight excluding hydrogens is 326 g/mol. The van der Waals surface area contributed by atoms with Crippen LogP contribution in [0.4, 0.5) is 0 Å². The third kappa shape index (κ3) is 4.24. The zero-order valence-electron chi connectivity index (χ0n) is 15.2. The minimum Gasteiger partial charge on any atom is -0.497 e. The summed E-state index contributed by atoms with van der Waals surface area (Å²) in [4.78, 5) is 17.1. The number of methoxy groups -OCH3 is 1. The van der Waals surface area contributed by atoms with Crippen LogP contribution in [-0.4, -0.2) is 35.5 Å². The number of para-hydroxylation sites is 1. The molecule has 0 saturated carbocycles. The summed E-state index contributed by atoms with van der Waals surface area (Å²) in [6, 6.07) is 15.8. The molecule has 26 heavy (non-hydrogen) atoms. The Balaban J connectivity index is 1.66. The van der Waals surface area contributed by atoms with Crippen molar-refractivity contribution in [3.05, 3.63) is 65.9 Å². The zero-order chi connectivity index (χ0) is 18.5. The molecule has 0 spiro atoms. The Morgan fingerprint density at radius 3 is 2.62 bits per heavy atom. The van der Waals surface area contributed by atoms with Crippen molar-refractivity contribution in [3.8, 4) is 5.75 Å². The fraction of sp³-hybridized carbons (Fsp3) is 0.286. The van der Waals surface area contributed by atoms with E-state index in [1.807, 2.05) is 42.6 Å². The Kier molecular flexibility index (Phi) is 5.58. The highest BCUT2D eigenvalue weighted by Crippen LogP contribution is 2.19. The van der Waals surface area contributed by atoms with Crippen LogP contribution in [0.15, 0.2) is 54.7 Å². The maximum atomic E-state index is 12.1. The number of fused-ring (bicyclic) bond motifs is 1. The summed E-state index contributed by atoms with van der Waals surface area (Å²) in [5.41, 5.74) is 9.71. The van der Waals surface area contributed by atoms with Gasteiger partial charge in [0.15, 0.2) is 0 Å². The Bertz CT molecular complexity index is 870. The van der Waals surface area contributed by atoms with Crippen molar-refractivity contribution in [2.24, 2.45) is 5.73 Å². The molecule has 0 fully saturated rings. The van der Waals surface area contributed by atoms with Gasteiger partial charge in [0.25, 0.3) is 0 Å². The number of benzene rings is 2. The lowest BCUT2D eigenvalue weighted by Gasteiger charge is -2.25. The van der Waals surface area contributed by atoms with E-state index in [0.717, 1.165) is 23.3 Å². The van der Waals surface area contributed by atoms with Gasteiger partial charge in [0, 0.05) is 43.2 Å². The van der Waals surface area contributed by atoms with Gasteiger partial charge in [-0.3, -0.25) is 4.79 Å². The van der Waals surface area contributed by atoms with Crippen molar-refractivity contribution >= 4 is 16.8 Å². The number of H-pyrrole nitrogens is 1. The van der Waals surface area contributed by atoms with E-state index < -0.39 is 0 Å². The average Bonchev–Trinajstić information content (AvgIpc) is 3.04. The van der Waals surface area contributed by atoms with E-state index in [4.69, 9.17) is 10.5 Å². The molecule has 3 N–H and O–H groups in total. The summed E-state index contributed by atoms with van der Waals surface area (Å²) in [5, 5.41) is 1.19. The van der Waals surface area contributed by atoms with Crippen molar-refractivity contribution in [3.63, 3.8) is 0 Å². The lowest BCUT2D eigenvalue weighted by Crippen LogP contribution is -2.40. The van der Waals surface area contributed by atoms with Crippen molar-refractivity contribution in [1.29, 1.82) is 0 Å². The molecule has 1 atom stereocenters. The number of nitrogens with two attached hydrogens (primary N) is 1. The van der Waals surface area contributed by atoms with Gasteiger partial charge >= 0.3 is 0 Å². The predicted molar refractivity (Wildman–Crippen MR) is 104 cm³/mol. The predicted octanol–water partition coefficient (Wildman–Crippen LogP) is 3.10. The quantitative estimate of drug-likeness (QED) is 0.687. The molecule has 0 saturated heterocycles. The molecule has 0 radical (unpaired) electrons. The largest absolute Gasteiger partial charge is 0.497 e. The van der Waals surface area contributed by atoms with E-state index >= 15 is 0 Å². The number of carbonyl (C=O) groups is 1. The maximum Gasteiger partial charge on any atom is 0.219 e. The minimum absolute atomic E-state index is 0.0233. The SMILES string of the molecule is COc1ccc(CN(CC(N)Cc2c[nH]c3ccccc23)C(C)=O)cc1. The molecule has 5 nitrogen and oxygen atoms in total. The molecule has 3 aromatic rings. The van der Waals surface area contributed by atoms with Crippen LogP contribution in [0.1, 0.15) is 18.1 Å². The Hall–Kier alpha value is -2.79. The van der Waals surface area contributed by atoms with Gasteiger partial charge in [-0.2, -0.15) is 0 Å². The van der Waals surface area contributed by atoms with Gasteiger partial charge in [-0.15, -0.1) is 0 Å². The van der Waals surface area contributed by atoms with Crippen LogP contribution in [-0.2, 0) is 17.8 Å². The van der Waals surface area contributed by atoms with Crippen molar-refractivity contribution in [2.45, 2.75) is 25.9 Å². The third-order valence-corrected chi connectivity index (χ3v) is 4.59. The Morgan fingerprint density at radius 1 is 1.19 bits per heavy atom. The van der Waals surface area contributed by atoms with Crippen LogP contribution < -0.4 is 10.5 Å². The summed E-state index contributed by atoms with van der Waals surface area (Å²) < 4.78 is 5.18. The van der Waals surface area contributed by atoms with Crippen molar-refractivity contribution in [2.75, 3.05) is 13.7 Å². The molecule has 1 heterocycles. The lowest BCUT2D eigenvalue weighted by molar-refractivity contribution is -0.129. The number of hydrogen-bond acceptors (Lipinski definition) is 3. The van der Waals surface area contributed by atoms with Crippen molar-refractivity contribution in [1.82, 2.24) is 9.88 Å². The monoisotopic (exact) mass is 351 g/mol. The van der Waals surface area contributed by atoms with Crippen LogP contribution in [0.3, 0.4) is 0 Å². The first-order chi connectivity index (χ1) is 12.6. The lowest BCUT2D eigenvalue weighted by atomic mass is 10.0. The zero-order valence-corrected chi connectivity index (χ0v) is 15.2. The molecule has 1 aromatic heterocycles. The van der Waals surface area contributed by atoms with Gasteiger partial charge in [0.05, 0.1) is 7.11 Å². The summed E-state index contributed by atoms with van der Waals surface area (Å²) in [6.07, 6.45) is 2.72. The topological polar surface area (TPSA) is 71.3 Å². The van der Waals surface area contributed by atoms with E-state index in [2.05, 4.69) is 17.1 Å². The standard InChI is InChI=1S/C21H25N3O2/c1-15(25)24(13-16-7-9-19(26-2)10-8-16)14-18(22)11-17-12-23-21-6-4-3-5-20(17)21/h3-10,12,18,23H,11,13-14,22H2,1-2H3. The second-order valence-electron chi connectivity index (χ2n) is 6.57. The molecule has 0 aliphatic heterocycles. The number of ether oxygens (including phenoxy) is 1. The highest BCUT2D eigenvalue weighted by atomic mass is 16.5. The number of aromatic amines is 1. The fourth-order valence-corrected chi connectivity index (χ4v) is 3.19. The van der Waals surface area contributed by atoms with Crippen LogP contribution >= 0.6 is 0 Å². The van der Waals surface area contributed by atoms with Gasteiger partial charge < -0.3 is 20.4 Å². The summed E-state index contributed by atoms with van der Waals surface area (Å²) >= 11 is 0. The molecule has 0 aliphatic rings. The Labute approximate surface area is 153 Å². The molecule has 136 valence electrons. The number of amides is 1. The Morgan fingerprint density at radius 2 is 1.92 bits per heavy atom. The highest BCUT2D eigenvalue weighted by Gasteiger charge is 2.16. The normalized spacial score (nSPS) is 12.1. The number of hydrogen-bond donors (Lipinski definition) is 2. The van der Waals surface area contributed by atoms with E-state index in [1.165, 1.54) is 10.9 Å². The van der Waals surface area contributed by atoms with Gasteiger partial charge in [-0.1, -0.05) is 30.3 Å². The third-order valence-electron chi connectivity index (χ3n) is 4.59.